The Morgan fingerprint density at radius 1 is 1.31 bits per heavy atom. The Bertz CT molecular complexity index is 306. The van der Waals surface area contributed by atoms with Crippen LogP contribution >= 0.6 is 0 Å². The molecule has 0 amide bonds. The first-order chi connectivity index (χ1) is 7.43. The molecule has 0 aliphatic carbocycles. The molecule has 1 aliphatic heterocycles. The van der Waals surface area contributed by atoms with Crippen LogP contribution in [0.3, 0.4) is 0 Å². The molecule has 0 unspecified atom stereocenters. The zero-order valence-corrected chi connectivity index (χ0v) is 11.4. The second kappa shape index (κ2) is 5.47. The van der Waals surface area contributed by atoms with Crippen LogP contribution in [0.25, 0.3) is 0 Å². The Balaban J connectivity index is 2.53. The van der Waals surface area contributed by atoms with Crippen LogP contribution < -0.4 is 5.32 Å². The van der Waals surface area contributed by atoms with Gasteiger partial charge in [-0.15, -0.1) is 0 Å². The van der Waals surface area contributed by atoms with Crippen molar-refractivity contribution in [3.8, 4) is 0 Å². The molecule has 0 aromatic rings. The third kappa shape index (κ3) is 3.43. The summed E-state index contributed by atoms with van der Waals surface area (Å²) in [6, 6.07) is 0. The Morgan fingerprint density at radius 2 is 1.88 bits per heavy atom. The van der Waals surface area contributed by atoms with E-state index in [0.717, 1.165) is 19.3 Å². The molecule has 1 aliphatic rings. The first-order valence-corrected chi connectivity index (χ1v) is 7.67. The molecule has 0 aromatic carbocycles. The first kappa shape index (κ1) is 13.9. The molecule has 1 N–H and O–H groups in total. The lowest BCUT2D eigenvalue weighted by Crippen LogP contribution is -2.43. The average Bonchev–Trinajstić information content (AvgIpc) is 2.27. The van der Waals surface area contributed by atoms with Gasteiger partial charge in [-0.2, -0.15) is 0 Å². The van der Waals surface area contributed by atoms with Crippen molar-refractivity contribution in [1.29, 1.82) is 0 Å². The molecule has 1 rings (SSSR count). The minimum absolute atomic E-state index is 0.215. The second-order valence-electron chi connectivity index (χ2n) is 4.98. The van der Waals surface area contributed by atoms with E-state index in [1.807, 2.05) is 0 Å². The predicted molar refractivity (Wildman–Crippen MR) is 66.9 cm³/mol. The number of hydrogen-bond acceptors (Lipinski definition) is 3. The van der Waals surface area contributed by atoms with Crippen molar-refractivity contribution < 1.29 is 8.42 Å². The second-order valence-corrected chi connectivity index (χ2v) is 7.07. The highest BCUT2D eigenvalue weighted by molar-refractivity contribution is 7.89. The summed E-state index contributed by atoms with van der Waals surface area (Å²) >= 11 is 0. The standard InChI is InChI=1S/C11H24N2O2S/c1-4-11(2)5-8-13(9-6-11)16(14,15)10-7-12-3/h12H,4-10H2,1-3H3. The number of sulfonamides is 1. The van der Waals surface area contributed by atoms with Crippen molar-refractivity contribution in [2.75, 3.05) is 32.4 Å². The van der Waals surface area contributed by atoms with Crippen LogP contribution in [0.2, 0.25) is 0 Å². The lowest BCUT2D eigenvalue weighted by molar-refractivity contribution is 0.169. The van der Waals surface area contributed by atoms with Gasteiger partial charge < -0.3 is 5.32 Å². The summed E-state index contributed by atoms with van der Waals surface area (Å²) in [6.45, 7) is 6.35. The molecule has 0 radical (unpaired) electrons. The Kier molecular flexibility index (Phi) is 4.76. The van der Waals surface area contributed by atoms with Gasteiger partial charge in [-0.1, -0.05) is 20.3 Å². The van der Waals surface area contributed by atoms with E-state index >= 15 is 0 Å². The van der Waals surface area contributed by atoms with Gasteiger partial charge in [-0.05, 0) is 25.3 Å². The molecular formula is C11H24N2O2S. The zero-order valence-electron chi connectivity index (χ0n) is 10.6. The van der Waals surface area contributed by atoms with E-state index in [1.165, 1.54) is 0 Å². The maximum Gasteiger partial charge on any atom is 0.215 e. The van der Waals surface area contributed by atoms with Gasteiger partial charge in [0.25, 0.3) is 0 Å². The summed E-state index contributed by atoms with van der Waals surface area (Å²) in [6.07, 6.45) is 3.11. The third-order valence-electron chi connectivity index (χ3n) is 3.79. The van der Waals surface area contributed by atoms with Crippen molar-refractivity contribution in [3.05, 3.63) is 0 Å². The number of nitrogens with one attached hydrogen (secondary N) is 1. The molecule has 1 heterocycles. The van der Waals surface area contributed by atoms with Gasteiger partial charge in [-0.25, -0.2) is 12.7 Å². The van der Waals surface area contributed by atoms with Gasteiger partial charge >= 0.3 is 0 Å². The topological polar surface area (TPSA) is 49.4 Å². The largest absolute Gasteiger partial charge is 0.319 e. The molecule has 0 atom stereocenters. The van der Waals surface area contributed by atoms with E-state index in [2.05, 4.69) is 19.2 Å². The Hall–Kier alpha value is -0.130. The first-order valence-electron chi connectivity index (χ1n) is 6.06. The van der Waals surface area contributed by atoms with Crippen LogP contribution in [0, 0.1) is 5.41 Å². The lowest BCUT2D eigenvalue weighted by atomic mass is 9.79. The zero-order chi connectivity index (χ0) is 12.2. The fraction of sp³-hybridized carbons (Fsp3) is 1.00. The lowest BCUT2D eigenvalue weighted by Gasteiger charge is -2.38. The van der Waals surface area contributed by atoms with E-state index in [-0.39, 0.29) is 5.75 Å². The van der Waals surface area contributed by atoms with Crippen molar-refractivity contribution in [2.45, 2.75) is 33.1 Å². The smallest absolute Gasteiger partial charge is 0.215 e. The normalized spacial score (nSPS) is 22.2. The molecule has 0 saturated carbocycles. The summed E-state index contributed by atoms with van der Waals surface area (Å²) in [4.78, 5) is 0. The van der Waals surface area contributed by atoms with Crippen molar-refractivity contribution in [3.63, 3.8) is 0 Å². The monoisotopic (exact) mass is 248 g/mol. The molecule has 0 spiro atoms. The third-order valence-corrected chi connectivity index (χ3v) is 5.66. The van der Waals surface area contributed by atoms with Crippen LogP contribution in [-0.4, -0.2) is 45.2 Å². The van der Waals surface area contributed by atoms with Gasteiger partial charge in [0.15, 0.2) is 0 Å². The van der Waals surface area contributed by atoms with Crippen LogP contribution in [0.1, 0.15) is 33.1 Å². The van der Waals surface area contributed by atoms with Gasteiger partial charge in [-0.3, -0.25) is 0 Å². The van der Waals surface area contributed by atoms with E-state index in [1.54, 1.807) is 11.4 Å². The van der Waals surface area contributed by atoms with E-state index in [0.29, 0.717) is 25.0 Å². The highest BCUT2D eigenvalue weighted by Crippen LogP contribution is 2.34. The van der Waals surface area contributed by atoms with E-state index < -0.39 is 10.0 Å². The minimum Gasteiger partial charge on any atom is -0.319 e. The van der Waals surface area contributed by atoms with Crippen molar-refractivity contribution in [1.82, 2.24) is 9.62 Å². The highest BCUT2D eigenvalue weighted by atomic mass is 32.2. The van der Waals surface area contributed by atoms with Crippen LogP contribution in [0.5, 0.6) is 0 Å². The number of hydrogen-bond donors (Lipinski definition) is 1. The molecule has 5 heteroatoms. The molecule has 1 fully saturated rings. The summed E-state index contributed by atoms with van der Waals surface area (Å²) in [7, 11) is -1.26. The molecular weight excluding hydrogens is 224 g/mol. The minimum atomic E-state index is -3.03. The van der Waals surface area contributed by atoms with Crippen molar-refractivity contribution in [2.24, 2.45) is 5.41 Å². The predicted octanol–water partition coefficient (Wildman–Crippen LogP) is 1.05. The van der Waals surface area contributed by atoms with Gasteiger partial charge in [0.05, 0.1) is 5.75 Å². The summed E-state index contributed by atoms with van der Waals surface area (Å²) < 4.78 is 25.5. The van der Waals surface area contributed by atoms with Gasteiger partial charge in [0, 0.05) is 19.6 Å². The van der Waals surface area contributed by atoms with Gasteiger partial charge in [0.1, 0.15) is 0 Å². The molecule has 0 aromatic heterocycles. The number of piperidine rings is 1. The van der Waals surface area contributed by atoms with E-state index in [9.17, 15) is 8.42 Å². The summed E-state index contributed by atoms with van der Waals surface area (Å²) in [5.41, 5.74) is 0.342. The van der Waals surface area contributed by atoms with Crippen LogP contribution in [0.15, 0.2) is 0 Å². The summed E-state index contributed by atoms with van der Waals surface area (Å²) in [5.74, 6) is 0.215. The fourth-order valence-electron chi connectivity index (χ4n) is 2.02. The van der Waals surface area contributed by atoms with Crippen molar-refractivity contribution >= 4 is 10.0 Å². The number of nitrogens with zero attached hydrogens (tertiary/aromatic N) is 1. The van der Waals surface area contributed by atoms with Gasteiger partial charge in [0.2, 0.25) is 10.0 Å². The Morgan fingerprint density at radius 3 is 2.31 bits per heavy atom. The van der Waals surface area contributed by atoms with E-state index in [4.69, 9.17) is 0 Å². The SMILES string of the molecule is CCC1(C)CCN(S(=O)(=O)CCNC)CC1. The summed E-state index contributed by atoms with van der Waals surface area (Å²) in [5, 5.41) is 2.88. The molecule has 4 nitrogen and oxygen atoms in total. The molecule has 16 heavy (non-hydrogen) atoms. The van der Waals surface area contributed by atoms with Crippen LogP contribution in [-0.2, 0) is 10.0 Å². The quantitative estimate of drug-likeness (QED) is 0.791. The van der Waals surface area contributed by atoms with Crippen LogP contribution in [0.4, 0.5) is 0 Å². The average molecular weight is 248 g/mol. The Labute approximate surface area is 99.5 Å². The maximum absolute atomic E-state index is 11.9. The highest BCUT2D eigenvalue weighted by Gasteiger charge is 2.33. The number of rotatable bonds is 5. The fourth-order valence-corrected chi connectivity index (χ4v) is 3.48. The maximum atomic E-state index is 11.9. The molecule has 1 saturated heterocycles. The molecule has 96 valence electrons. The molecule has 0 bridgehead atoms.